The molecule has 0 N–H and O–H groups in total. The molecule has 12 heteroatoms. The fraction of sp³-hybridized carbons (Fsp3) is 0.667. The zero-order chi connectivity index (χ0) is 15.2. The van der Waals surface area contributed by atoms with Crippen molar-refractivity contribution in [3.8, 4) is 0 Å². The maximum Gasteiger partial charge on any atom is 0.388 e. The molecule has 0 saturated heterocycles. The zero-order valence-corrected chi connectivity index (χ0v) is 9.12. The van der Waals surface area contributed by atoms with E-state index in [1.54, 1.807) is 0 Å². The lowest BCUT2D eigenvalue weighted by atomic mass is 10.0. The predicted molar refractivity (Wildman–Crippen MR) is 39.1 cm³/mol. The first-order chi connectivity index (χ1) is 7.60. The third-order valence-corrected chi connectivity index (χ3v) is 2.08. The first-order valence-corrected chi connectivity index (χ1v) is 4.31. The van der Waals surface area contributed by atoms with Gasteiger partial charge in [0.2, 0.25) is 5.83 Å². The first-order valence-electron chi connectivity index (χ1n) is 3.52. The van der Waals surface area contributed by atoms with E-state index in [9.17, 15) is 48.3 Å². The molecule has 0 rings (SSSR count). The quantitative estimate of drug-likeness (QED) is 0.491. The Morgan fingerprint density at radius 3 is 1.22 bits per heavy atom. The highest BCUT2D eigenvalue weighted by Gasteiger charge is 2.81. The Hall–Kier alpha value is -0.550. The second-order valence-electron chi connectivity index (χ2n) is 2.80. The van der Waals surface area contributed by atoms with Crippen LogP contribution in [0.25, 0.3) is 0 Å². The van der Waals surface area contributed by atoms with Gasteiger partial charge in [-0.05, 0) is 15.9 Å². The predicted octanol–water partition coefficient (Wildman–Crippen LogP) is 4.96. The molecule has 0 unspecified atom stereocenters. The summed E-state index contributed by atoms with van der Waals surface area (Å²) in [7, 11) is 0. The van der Waals surface area contributed by atoms with Crippen molar-refractivity contribution in [2.75, 3.05) is 0 Å². The average Bonchev–Trinajstić information content (AvgIpc) is 2.13. The number of hydrogen-bond donors (Lipinski definition) is 0. The molecule has 0 amide bonds. The fourth-order valence-corrected chi connectivity index (χ4v) is 0.881. The van der Waals surface area contributed by atoms with Crippen LogP contribution < -0.4 is 0 Å². The third-order valence-electron chi connectivity index (χ3n) is 1.59. The minimum Gasteiger partial charge on any atom is -0.199 e. The van der Waals surface area contributed by atoms with E-state index >= 15 is 0 Å². The van der Waals surface area contributed by atoms with Gasteiger partial charge < -0.3 is 0 Å². The van der Waals surface area contributed by atoms with E-state index < -0.39 is 34.5 Å². The van der Waals surface area contributed by atoms with Crippen molar-refractivity contribution in [2.45, 2.75) is 22.6 Å². The maximum atomic E-state index is 12.5. The molecule has 0 saturated carbocycles. The van der Waals surface area contributed by atoms with Crippen LogP contribution in [0.3, 0.4) is 0 Å². The van der Waals surface area contributed by atoms with Gasteiger partial charge in [0.1, 0.15) is 0 Å². The summed E-state index contributed by atoms with van der Waals surface area (Å²) in [5.41, 5.74) is 0. The topological polar surface area (TPSA) is 0 Å². The molecule has 0 radical (unpaired) electrons. The highest BCUT2D eigenvalue weighted by Crippen LogP contribution is 2.57. The van der Waals surface area contributed by atoms with Gasteiger partial charge in [-0.25, -0.2) is 0 Å². The largest absolute Gasteiger partial charge is 0.388 e. The summed E-state index contributed by atoms with van der Waals surface area (Å²) < 4.78 is 133. The van der Waals surface area contributed by atoms with E-state index in [1.807, 2.05) is 0 Å². The monoisotopic (exact) mass is 360 g/mol. The van der Waals surface area contributed by atoms with Gasteiger partial charge in [0.05, 0.1) is 0 Å². The summed E-state index contributed by atoms with van der Waals surface area (Å²) in [5, 5.41) is 0. The van der Waals surface area contributed by atoms with Crippen molar-refractivity contribution in [1.82, 2.24) is 0 Å². The van der Waals surface area contributed by atoms with Crippen LogP contribution >= 0.6 is 15.9 Å². The second-order valence-corrected chi connectivity index (χ2v) is 3.79. The Bertz CT molecular complexity index is 347. The number of hydrogen-bond acceptors (Lipinski definition) is 0. The molecule has 0 fully saturated rings. The number of halogens is 12. The van der Waals surface area contributed by atoms with Crippen LogP contribution in [-0.4, -0.2) is 22.6 Å². The molecule has 0 aromatic heterocycles. The van der Waals surface area contributed by atoms with Gasteiger partial charge in [-0.1, -0.05) is 0 Å². The van der Waals surface area contributed by atoms with E-state index in [1.165, 1.54) is 0 Å². The Morgan fingerprint density at radius 1 is 0.667 bits per heavy atom. The highest BCUT2D eigenvalue weighted by molar-refractivity contribution is 9.10. The molecule has 0 bridgehead atoms. The van der Waals surface area contributed by atoms with Gasteiger partial charge in [0.15, 0.2) is 0 Å². The Labute approximate surface area is 99.6 Å². The van der Waals surface area contributed by atoms with E-state index in [4.69, 9.17) is 0 Å². The molecule has 18 heavy (non-hydrogen) atoms. The van der Waals surface area contributed by atoms with Crippen molar-refractivity contribution < 1.29 is 48.3 Å². The molecule has 0 aliphatic rings. The Morgan fingerprint density at radius 2 is 1.00 bits per heavy atom. The normalized spacial score (nSPS) is 14.7. The van der Waals surface area contributed by atoms with Crippen LogP contribution in [0.5, 0.6) is 0 Å². The first kappa shape index (κ1) is 17.4. The SMILES string of the molecule is FC(F)=C(F)C(F)(F)C(F)(F)C(F)(F)C(F)(F)Br. The van der Waals surface area contributed by atoms with Crippen molar-refractivity contribution in [3.05, 3.63) is 11.9 Å². The molecule has 0 aliphatic heterocycles. The Balaban J connectivity index is 5.88. The van der Waals surface area contributed by atoms with Crippen LogP contribution in [0.1, 0.15) is 0 Å². The van der Waals surface area contributed by atoms with Crippen LogP contribution in [-0.2, 0) is 0 Å². The number of rotatable bonds is 4. The Kier molecular flexibility index (Phi) is 4.39. The van der Waals surface area contributed by atoms with Gasteiger partial charge in [-0.15, -0.1) is 0 Å². The van der Waals surface area contributed by atoms with E-state index in [0.29, 0.717) is 15.9 Å². The number of allylic oxidation sites excluding steroid dienone is 1. The van der Waals surface area contributed by atoms with E-state index in [-0.39, 0.29) is 0 Å². The van der Waals surface area contributed by atoms with Crippen LogP contribution in [0, 0.1) is 0 Å². The van der Waals surface area contributed by atoms with Crippen molar-refractivity contribution >= 4 is 15.9 Å². The molecule has 0 heterocycles. The highest BCUT2D eigenvalue weighted by atomic mass is 79.9. The summed E-state index contributed by atoms with van der Waals surface area (Å²) in [6.07, 6.45) is -4.03. The summed E-state index contributed by atoms with van der Waals surface area (Å²) in [4.78, 5) is -5.88. The maximum absolute atomic E-state index is 12.5. The van der Waals surface area contributed by atoms with Crippen molar-refractivity contribution in [3.63, 3.8) is 0 Å². The van der Waals surface area contributed by atoms with E-state index in [0.717, 1.165) is 0 Å². The molecular weight excluding hydrogens is 361 g/mol. The van der Waals surface area contributed by atoms with Crippen LogP contribution in [0.4, 0.5) is 48.3 Å². The summed E-state index contributed by atoms with van der Waals surface area (Å²) in [6.45, 7) is 0. The third kappa shape index (κ3) is 2.43. The van der Waals surface area contributed by atoms with Gasteiger partial charge in [-0.2, -0.15) is 48.3 Å². The number of alkyl halides is 9. The zero-order valence-electron chi connectivity index (χ0n) is 7.54. The average molecular weight is 361 g/mol. The lowest BCUT2D eigenvalue weighted by Crippen LogP contribution is -2.60. The summed E-state index contributed by atoms with van der Waals surface area (Å²) in [6, 6.07) is 0. The molecule has 0 spiro atoms. The lowest BCUT2D eigenvalue weighted by molar-refractivity contribution is -0.338. The lowest BCUT2D eigenvalue weighted by Gasteiger charge is -2.33. The molecule has 0 nitrogen and oxygen atoms in total. The fourth-order valence-electron chi connectivity index (χ4n) is 0.632. The van der Waals surface area contributed by atoms with Gasteiger partial charge >= 0.3 is 28.7 Å². The smallest absolute Gasteiger partial charge is 0.199 e. The molecular formula is C6BrF11. The molecule has 0 atom stereocenters. The molecule has 0 aromatic carbocycles. The summed E-state index contributed by atoms with van der Waals surface area (Å²) in [5.74, 6) is -25.0. The van der Waals surface area contributed by atoms with Gasteiger partial charge in [0.25, 0.3) is 0 Å². The summed E-state index contributed by atoms with van der Waals surface area (Å²) >= 11 is 0.692. The van der Waals surface area contributed by atoms with Crippen molar-refractivity contribution in [1.29, 1.82) is 0 Å². The molecule has 108 valence electrons. The minimum absolute atomic E-state index is 0.692. The standard InChI is InChI=1S/C6BrF11/c7-6(17,18)5(15,16)4(13,14)3(11,12)1(8)2(9)10. The minimum atomic E-state index is -7.10. The molecule has 0 aliphatic carbocycles. The second kappa shape index (κ2) is 4.53. The van der Waals surface area contributed by atoms with E-state index in [2.05, 4.69) is 0 Å². The van der Waals surface area contributed by atoms with Gasteiger partial charge in [-0.3, -0.25) is 0 Å². The van der Waals surface area contributed by atoms with Crippen LogP contribution in [0.15, 0.2) is 11.9 Å². The molecule has 0 aromatic rings. The van der Waals surface area contributed by atoms with Crippen molar-refractivity contribution in [2.24, 2.45) is 0 Å². The van der Waals surface area contributed by atoms with Gasteiger partial charge in [0, 0.05) is 0 Å². The van der Waals surface area contributed by atoms with Crippen LogP contribution in [0.2, 0.25) is 0 Å².